The minimum atomic E-state index is 0.00299. The van der Waals surface area contributed by atoms with Crippen LogP contribution in [-0.4, -0.2) is 14.1 Å². The normalized spacial score (nSPS) is 12.0. The number of rotatable bonds is 5. The van der Waals surface area contributed by atoms with Gasteiger partial charge in [0.25, 0.3) is 0 Å². The Kier molecular flexibility index (Phi) is 4.64. The first-order valence-electron chi connectivity index (χ1n) is 6.91. The van der Waals surface area contributed by atoms with E-state index in [0.717, 1.165) is 29.2 Å². The third-order valence-electron chi connectivity index (χ3n) is 3.32. The van der Waals surface area contributed by atoms with Gasteiger partial charge < -0.3 is 15.4 Å². The molecule has 0 heterocycles. The van der Waals surface area contributed by atoms with E-state index in [9.17, 15) is 0 Å². The van der Waals surface area contributed by atoms with Gasteiger partial charge in [-0.2, -0.15) is 0 Å². The highest BCUT2D eigenvalue weighted by atomic mass is 16.5. The summed E-state index contributed by atoms with van der Waals surface area (Å²) in [6.07, 6.45) is 0.887. The van der Waals surface area contributed by atoms with Gasteiger partial charge in [-0.25, -0.2) is 0 Å². The molecule has 2 rings (SSSR count). The Balaban J connectivity index is 2.28. The highest BCUT2D eigenvalue weighted by Gasteiger charge is 2.10. The van der Waals surface area contributed by atoms with Crippen molar-refractivity contribution in [3.8, 4) is 11.5 Å². The predicted octanol–water partition coefficient (Wildman–Crippen LogP) is 3.95. The molecule has 2 aromatic rings. The predicted molar refractivity (Wildman–Crippen MR) is 84.5 cm³/mol. The van der Waals surface area contributed by atoms with Crippen molar-refractivity contribution in [2.45, 2.75) is 19.4 Å². The second-order valence-electron chi connectivity index (χ2n) is 5.05. The van der Waals surface area contributed by atoms with E-state index < -0.39 is 0 Å². The zero-order valence-corrected chi connectivity index (χ0v) is 12.3. The standard InChI is InChI=1S/C17H22N2O/c1-4-16(18)15-10-5-6-11-17(15)20-14-9-7-8-13(12-14)19(2)3/h5-12,16H,4,18H2,1-3H3/t16-/m1/s1. The number of ether oxygens (including phenoxy) is 1. The zero-order chi connectivity index (χ0) is 14.5. The van der Waals surface area contributed by atoms with Gasteiger partial charge in [-0.1, -0.05) is 31.2 Å². The smallest absolute Gasteiger partial charge is 0.132 e. The third-order valence-corrected chi connectivity index (χ3v) is 3.32. The SMILES string of the molecule is CC[C@@H](N)c1ccccc1Oc1cccc(N(C)C)c1. The van der Waals surface area contributed by atoms with E-state index in [1.807, 2.05) is 56.6 Å². The lowest BCUT2D eigenvalue weighted by atomic mass is 10.0. The lowest BCUT2D eigenvalue weighted by Gasteiger charge is -2.17. The van der Waals surface area contributed by atoms with Gasteiger partial charge in [0.15, 0.2) is 0 Å². The minimum Gasteiger partial charge on any atom is -0.457 e. The molecule has 20 heavy (non-hydrogen) atoms. The van der Waals surface area contributed by atoms with E-state index in [0.29, 0.717) is 0 Å². The maximum Gasteiger partial charge on any atom is 0.132 e. The maximum absolute atomic E-state index is 6.14. The van der Waals surface area contributed by atoms with Crippen LogP contribution in [-0.2, 0) is 0 Å². The average molecular weight is 270 g/mol. The molecule has 0 radical (unpaired) electrons. The van der Waals surface area contributed by atoms with Crippen molar-refractivity contribution in [2.75, 3.05) is 19.0 Å². The van der Waals surface area contributed by atoms with Crippen LogP contribution in [0.25, 0.3) is 0 Å². The van der Waals surface area contributed by atoms with Gasteiger partial charge in [0.1, 0.15) is 11.5 Å². The molecule has 2 N–H and O–H groups in total. The molecule has 0 aliphatic heterocycles. The summed E-state index contributed by atoms with van der Waals surface area (Å²) in [5, 5.41) is 0. The topological polar surface area (TPSA) is 38.5 Å². The number of nitrogens with two attached hydrogens (primary N) is 1. The first-order chi connectivity index (χ1) is 9.61. The van der Waals surface area contributed by atoms with E-state index in [1.54, 1.807) is 0 Å². The van der Waals surface area contributed by atoms with Crippen molar-refractivity contribution in [1.29, 1.82) is 0 Å². The molecule has 3 heteroatoms. The molecular formula is C17H22N2O. The molecule has 0 unspecified atom stereocenters. The van der Waals surface area contributed by atoms with Crippen LogP contribution in [0.2, 0.25) is 0 Å². The van der Waals surface area contributed by atoms with Gasteiger partial charge in [-0.05, 0) is 24.6 Å². The van der Waals surface area contributed by atoms with Crippen molar-refractivity contribution in [2.24, 2.45) is 5.73 Å². The molecule has 2 aromatic carbocycles. The second kappa shape index (κ2) is 6.44. The van der Waals surface area contributed by atoms with Crippen LogP contribution in [0.15, 0.2) is 48.5 Å². The van der Waals surface area contributed by atoms with Crippen LogP contribution in [0.5, 0.6) is 11.5 Å². The molecule has 0 amide bonds. The van der Waals surface area contributed by atoms with Gasteiger partial charge in [-0.3, -0.25) is 0 Å². The lowest BCUT2D eigenvalue weighted by molar-refractivity contribution is 0.469. The van der Waals surface area contributed by atoms with Gasteiger partial charge in [0.2, 0.25) is 0 Å². The van der Waals surface area contributed by atoms with Crippen molar-refractivity contribution >= 4 is 5.69 Å². The van der Waals surface area contributed by atoms with Crippen LogP contribution in [0.4, 0.5) is 5.69 Å². The van der Waals surface area contributed by atoms with Crippen molar-refractivity contribution in [3.05, 3.63) is 54.1 Å². The third kappa shape index (κ3) is 3.31. The number of para-hydroxylation sites is 1. The minimum absolute atomic E-state index is 0.00299. The summed E-state index contributed by atoms with van der Waals surface area (Å²) in [5.74, 6) is 1.66. The summed E-state index contributed by atoms with van der Waals surface area (Å²) in [7, 11) is 4.03. The Hall–Kier alpha value is -2.00. The summed E-state index contributed by atoms with van der Waals surface area (Å²) in [6.45, 7) is 2.08. The van der Waals surface area contributed by atoms with Gasteiger partial charge in [-0.15, -0.1) is 0 Å². The van der Waals surface area contributed by atoms with Crippen LogP contribution >= 0.6 is 0 Å². The number of benzene rings is 2. The monoisotopic (exact) mass is 270 g/mol. The summed E-state index contributed by atoms with van der Waals surface area (Å²) in [4.78, 5) is 2.05. The molecule has 0 bridgehead atoms. The molecule has 106 valence electrons. The molecule has 0 saturated carbocycles. The Labute approximate surface area is 121 Å². The largest absolute Gasteiger partial charge is 0.457 e. The molecule has 0 saturated heterocycles. The van der Waals surface area contributed by atoms with E-state index >= 15 is 0 Å². The molecule has 0 fully saturated rings. The van der Waals surface area contributed by atoms with E-state index in [2.05, 4.69) is 17.9 Å². The number of nitrogens with zero attached hydrogens (tertiary/aromatic N) is 1. The lowest BCUT2D eigenvalue weighted by Crippen LogP contribution is -2.10. The Morgan fingerprint density at radius 2 is 1.85 bits per heavy atom. The van der Waals surface area contributed by atoms with Crippen LogP contribution in [0, 0.1) is 0 Å². The number of hydrogen-bond donors (Lipinski definition) is 1. The second-order valence-corrected chi connectivity index (χ2v) is 5.05. The fourth-order valence-corrected chi connectivity index (χ4v) is 2.05. The molecule has 0 aromatic heterocycles. The van der Waals surface area contributed by atoms with E-state index in [4.69, 9.17) is 10.5 Å². The van der Waals surface area contributed by atoms with Crippen LogP contribution in [0.3, 0.4) is 0 Å². The summed E-state index contributed by atoms with van der Waals surface area (Å²) < 4.78 is 6.02. The zero-order valence-electron chi connectivity index (χ0n) is 12.3. The summed E-state index contributed by atoms with van der Waals surface area (Å²) >= 11 is 0. The van der Waals surface area contributed by atoms with Crippen LogP contribution in [0.1, 0.15) is 24.9 Å². The fourth-order valence-electron chi connectivity index (χ4n) is 2.05. The highest BCUT2D eigenvalue weighted by molar-refractivity contribution is 5.51. The average Bonchev–Trinajstić information content (AvgIpc) is 2.47. The van der Waals surface area contributed by atoms with Crippen LogP contribution < -0.4 is 15.4 Å². The van der Waals surface area contributed by atoms with Crippen molar-refractivity contribution < 1.29 is 4.74 Å². The Bertz CT molecular complexity index is 566. The first-order valence-corrected chi connectivity index (χ1v) is 6.91. The Morgan fingerprint density at radius 3 is 2.55 bits per heavy atom. The first kappa shape index (κ1) is 14.4. The highest BCUT2D eigenvalue weighted by Crippen LogP contribution is 2.31. The maximum atomic E-state index is 6.14. The molecule has 0 aliphatic carbocycles. The number of anilines is 1. The van der Waals surface area contributed by atoms with Crippen molar-refractivity contribution in [1.82, 2.24) is 0 Å². The summed E-state index contributed by atoms with van der Waals surface area (Å²) in [6, 6.07) is 16.0. The molecule has 0 spiro atoms. The molecule has 1 atom stereocenters. The molecule has 3 nitrogen and oxygen atoms in total. The van der Waals surface area contributed by atoms with E-state index in [-0.39, 0.29) is 6.04 Å². The van der Waals surface area contributed by atoms with Crippen molar-refractivity contribution in [3.63, 3.8) is 0 Å². The quantitative estimate of drug-likeness (QED) is 0.894. The molecule has 0 aliphatic rings. The van der Waals surface area contributed by atoms with Gasteiger partial charge >= 0.3 is 0 Å². The van der Waals surface area contributed by atoms with Gasteiger partial charge in [0.05, 0.1) is 0 Å². The fraction of sp³-hybridized carbons (Fsp3) is 0.294. The molecular weight excluding hydrogens is 248 g/mol. The number of hydrogen-bond acceptors (Lipinski definition) is 3. The summed E-state index contributed by atoms with van der Waals surface area (Å²) in [5.41, 5.74) is 8.30. The van der Waals surface area contributed by atoms with E-state index in [1.165, 1.54) is 0 Å². The van der Waals surface area contributed by atoms with Gasteiger partial charge in [0, 0.05) is 37.5 Å². The Morgan fingerprint density at radius 1 is 1.10 bits per heavy atom.